The summed E-state index contributed by atoms with van der Waals surface area (Å²) < 4.78 is 3.16. The van der Waals surface area contributed by atoms with Crippen molar-refractivity contribution < 1.29 is 0 Å². The Balaban J connectivity index is 2.93. The minimum atomic E-state index is 0.304. The van der Waals surface area contributed by atoms with Gasteiger partial charge in [0.25, 0.3) is 0 Å². The Hall–Kier alpha value is -0.390. The van der Waals surface area contributed by atoms with Gasteiger partial charge in [0.2, 0.25) is 0 Å². The first-order valence-electron chi connectivity index (χ1n) is 5.63. The first kappa shape index (κ1) is 13.7. The molecule has 0 aliphatic carbocycles. The van der Waals surface area contributed by atoms with Crippen LogP contribution in [0.5, 0.6) is 0 Å². The molecule has 1 unspecified atom stereocenters. The second-order valence-corrected chi connectivity index (χ2v) is 5.06. The molecule has 0 aliphatic heterocycles. The molecule has 0 radical (unpaired) electrons. The van der Waals surface area contributed by atoms with Gasteiger partial charge in [-0.25, -0.2) is 0 Å². The van der Waals surface area contributed by atoms with Crippen LogP contribution in [-0.2, 0) is 6.54 Å². The molecule has 92 valence electrons. The van der Waals surface area contributed by atoms with Gasteiger partial charge in [-0.2, -0.15) is 5.10 Å². The Morgan fingerprint density at radius 3 is 2.75 bits per heavy atom. The Bertz CT molecular complexity index is 322. The molecule has 0 saturated heterocycles. The van der Waals surface area contributed by atoms with E-state index in [1.54, 1.807) is 0 Å². The second-order valence-electron chi connectivity index (χ2n) is 4.20. The Kier molecular flexibility index (Phi) is 5.44. The van der Waals surface area contributed by atoms with Gasteiger partial charge in [-0.05, 0) is 43.5 Å². The lowest BCUT2D eigenvalue weighted by molar-refractivity contribution is 0.339. The molecular formula is C11H21BrN4. The molecule has 0 saturated carbocycles. The number of likely N-dealkylation sites (N-methyl/N-ethyl adjacent to an activating group) is 2. The molecule has 0 aromatic carbocycles. The van der Waals surface area contributed by atoms with Crippen LogP contribution in [0.3, 0.4) is 0 Å². The highest BCUT2D eigenvalue weighted by Crippen LogP contribution is 2.23. The number of hydrogen-bond acceptors (Lipinski definition) is 3. The van der Waals surface area contributed by atoms with Crippen LogP contribution >= 0.6 is 15.9 Å². The highest BCUT2D eigenvalue weighted by atomic mass is 79.9. The summed E-state index contributed by atoms with van der Waals surface area (Å²) in [7, 11) is 6.15. The maximum absolute atomic E-state index is 4.39. The van der Waals surface area contributed by atoms with Crippen LogP contribution in [0, 0.1) is 0 Å². The van der Waals surface area contributed by atoms with Crippen LogP contribution in [0.25, 0.3) is 0 Å². The number of nitrogens with one attached hydrogen (secondary N) is 1. The zero-order chi connectivity index (χ0) is 12.1. The molecule has 0 amide bonds. The average Bonchev–Trinajstić information content (AvgIpc) is 2.57. The summed E-state index contributed by atoms with van der Waals surface area (Å²) in [6, 6.07) is 0.304. The molecule has 0 aliphatic rings. The van der Waals surface area contributed by atoms with Crippen molar-refractivity contribution >= 4 is 15.9 Å². The van der Waals surface area contributed by atoms with Crippen molar-refractivity contribution in [3.8, 4) is 0 Å². The zero-order valence-electron chi connectivity index (χ0n) is 10.5. The molecule has 0 fully saturated rings. The molecule has 0 bridgehead atoms. The third kappa shape index (κ3) is 3.30. The summed E-state index contributed by atoms with van der Waals surface area (Å²) in [5.41, 5.74) is 1.23. The minimum Gasteiger partial charge on any atom is -0.311 e. The lowest BCUT2D eigenvalue weighted by Crippen LogP contribution is -2.31. The third-order valence-electron chi connectivity index (χ3n) is 2.49. The van der Waals surface area contributed by atoms with Gasteiger partial charge < -0.3 is 10.2 Å². The van der Waals surface area contributed by atoms with Crippen LogP contribution in [0.15, 0.2) is 10.7 Å². The van der Waals surface area contributed by atoms with Crippen molar-refractivity contribution in [2.45, 2.75) is 25.9 Å². The first-order chi connectivity index (χ1) is 7.60. The minimum absolute atomic E-state index is 0.304. The van der Waals surface area contributed by atoms with E-state index >= 15 is 0 Å². The van der Waals surface area contributed by atoms with E-state index in [1.807, 2.05) is 13.2 Å². The number of nitrogens with zero attached hydrogens (tertiary/aromatic N) is 3. The van der Waals surface area contributed by atoms with Gasteiger partial charge in [0, 0.05) is 13.1 Å². The van der Waals surface area contributed by atoms with Crippen molar-refractivity contribution in [2.24, 2.45) is 0 Å². The smallest absolute Gasteiger partial charge is 0.0708 e. The fraction of sp³-hybridized carbons (Fsp3) is 0.727. The van der Waals surface area contributed by atoms with Crippen LogP contribution in [0.1, 0.15) is 25.1 Å². The van der Waals surface area contributed by atoms with Gasteiger partial charge in [0.05, 0.1) is 22.4 Å². The van der Waals surface area contributed by atoms with E-state index < -0.39 is 0 Å². The Labute approximate surface area is 106 Å². The van der Waals surface area contributed by atoms with Crippen LogP contribution in [-0.4, -0.2) is 42.4 Å². The summed E-state index contributed by atoms with van der Waals surface area (Å²) in [6.45, 7) is 4.09. The van der Waals surface area contributed by atoms with E-state index in [2.05, 4.69) is 56.9 Å². The second kappa shape index (κ2) is 6.37. The largest absolute Gasteiger partial charge is 0.311 e. The lowest BCUT2D eigenvalue weighted by atomic mass is 10.2. The van der Waals surface area contributed by atoms with E-state index in [0.29, 0.717) is 6.04 Å². The average molecular weight is 289 g/mol. The number of halogens is 1. The first-order valence-corrected chi connectivity index (χ1v) is 6.42. The topological polar surface area (TPSA) is 33.1 Å². The van der Waals surface area contributed by atoms with Crippen molar-refractivity contribution in [1.82, 2.24) is 20.0 Å². The molecular weight excluding hydrogens is 268 g/mol. The van der Waals surface area contributed by atoms with Crippen molar-refractivity contribution in [2.75, 3.05) is 27.7 Å². The highest BCUT2D eigenvalue weighted by molar-refractivity contribution is 9.10. The molecule has 1 aromatic heterocycles. The molecule has 1 N–H and O–H groups in total. The SMILES string of the molecule is CCCn1ncc(Br)c1C(CN(C)C)NC. The fourth-order valence-corrected chi connectivity index (χ4v) is 2.36. The zero-order valence-corrected chi connectivity index (χ0v) is 12.1. The van der Waals surface area contributed by atoms with Crippen LogP contribution < -0.4 is 5.32 Å². The van der Waals surface area contributed by atoms with E-state index in [4.69, 9.17) is 0 Å². The molecule has 1 rings (SSSR count). The normalized spacial score (nSPS) is 13.4. The molecule has 0 spiro atoms. The number of aryl methyl sites for hydroxylation is 1. The van der Waals surface area contributed by atoms with Gasteiger partial charge in [0.1, 0.15) is 0 Å². The standard InChI is InChI=1S/C11H21BrN4/c1-5-6-16-11(9(12)7-14-16)10(13-2)8-15(3)4/h7,10,13H,5-6,8H2,1-4H3. The van der Waals surface area contributed by atoms with Crippen molar-refractivity contribution in [3.05, 3.63) is 16.4 Å². The fourth-order valence-electron chi connectivity index (χ4n) is 1.79. The summed E-state index contributed by atoms with van der Waals surface area (Å²) in [5.74, 6) is 0. The summed E-state index contributed by atoms with van der Waals surface area (Å²) >= 11 is 3.58. The van der Waals surface area contributed by atoms with E-state index in [9.17, 15) is 0 Å². The van der Waals surface area contributed by atoms with Gasteiger partial charge in [-0.1, -0.05) is 6.92 Å². The molecule has 5 heteroatoms. The lowest BCUT2D eigenvalue weighted by Gasteiger charge is -2.22. The molecule has 4 nitrogen and oxygen atoms in total. The summed E-state index contributed by atoms with van der Waals surface area (Å²) in [5, 5.41) is 7.74. The maximum Gasteiger partial charge on any atom is 0.0708 e. The molecule has 1 aromatic rings. The quantitative estimate of drug-likeness (QED) is 0.868. The van der Waals surface area contributed by atoms with Gasteiger partial charge in [-0.15, -0.1) is 0 Å². The van der Waals surface area contributed by atoms with Gasteiger partial charge in [-0.3, -0.25) is 4.68 Å². The van der Waals surface area contributed by atoms with Gasteiger partial charge >= 0.3 is 0 Å². The van der Waals surface area contributed by atoms with E-state index in [-0.39, 0.29) is 0 Å². The van der Waals surface area contributed by atoms with E-state index in [1.165, 1.54) is 5.69 Å². The Morgan fingerprint density at radius 1 is 1.56 bits per heavy atom. The van der Waals surface area contributed by atoms with E-state index in [0.717, 1.165) is 24.0 Å². The predicted molar refractivity (Wildman–Crippen MR) is 70.6 cm³/mol. The van der Waals surface area contributed by atoms with Crippen LogP contribution in [0.4, 0.5) is 0 Å². The molecule has 16 heavy (non-hydrogen) atoms. The van der Waals surface area contributed by atoms with Gasteiger partial charge in [0.15, 0.2) is 0 Å². The number of rotatable bonds is 6. The van der Waals surface area contributed by atoms with Crippen LogP contribution in [0.2, 0.25) is 0 Å². The summed E-state index contributed by atoms with van der Waals surface area (Å²) in [4.78, 5) is 2.18. The number of aromatic nitrogens is 2. The van der Waals surface area contributed by atoms with Crippen molar-refractivity contribution in [1.29, 1.82) is 0 Å². The maximum atomic E-state index is 4.39. The highest BCUT2D eigenvalue weighted by Gasteiger charge is 2.18. The summed E-state index contributed by atoms with van der Waals surface area (Å²) in [6.07, 6.45) is 2.98. The number of hydrogen-bond donors (Lipinski definition) is 1. The predicted octanol–water partition coefficient (Wildman–Crippen LogP) is 1.88. The molecule has 1 heterocycles. The van der Waals surface area contributed by atoms with Crippen molar-refractivity contribution in [3.63, 3.8) is 0 Å². The monoisotopic (exact) mass is 288 g/mol. The Morgan fingerprint density at radius 2 is 2.25 bits per heavy atom. The third-order valence-corrected chi connectivity index (χ3v) is 3.11. The molecule has 1 atom stereocenters.